The van der Waals surface area contributed by atoms with Crippen molar-refractivity contribution in [1.29, 1.82) is 0 Å². The minimum absolute atomic E-state index is 0.0566. The maximum Gasteiger partial charge on any atom is 0.240 e. The molecule has 1 saturated heterocycles. The molecule has 4 nitrogen and oxygen atoms in total. The summed E-state index contributed by atoms with van der Waals surface area (Å²) in [6.45, 7) is 4.82. The smallest absolute Gasteiger partial charge is 0.240 e. The largest absolute Gasteiger partial charge is 0.467 e. The highest BCUT2D eigenvalue weighted by Crippen LogP contribution is 2.21. The topological polar surface area (TPSA) is 54.3 Å². The van der Waals surface area contributed by atoms with Gasteiger partial charge in [0.25, 0.3) is 0 Å². The molecular weight excluding hydrogens is 216 g/mol. The summed E-state index contributed by atoms with van der Waals surface area (Å²) < 4.78 is 5.28. The van der Waals surface area contributed by atoms with Gasteiger partial charge >= 0.3 is 0 Å². The molecule has 1 unspecified atom stereocenters. The van der Waals surface area contributed by atoms with Gasteiger partial charge in [-0.05, 0) is 51.8 Å². The summed E-state index contributed by atoms with van der Waals surface area (Å²) in [5.74, 6) is 0.846. The van der Waals surface area contributed by atoms with Crippen molar-refractivity contribution in [2.45, 2.75) is 44.7 Å². The molecule has 1 aliphatic heterocycles. The van der Waals surface area contributed by atoms with Crippen LogP contribution in [0, 0.1) is 0 Å². The molecule has 1 fully saturated rings. The molecule has 4 heteroatoms. The van der Waals surface area contributed by atoms with E-state index in [1.165, 1.54) is 0 Å². The van der Waals surface area contributed by atoms with Gasteiger partial charge in [0.05, 0.1) is 17.8 Å². The maximum absolute atomic E-state index is 12.2. The second-order valence-corrected chi connectivity index (χ2v) is 4.93. The lowest BCUT2D eigenvalue weighted by Gasteiger charge is -2.34. The van der Waals surface area contributed by atoms with Crippen molar-refractivity contribution in [3.63, 3.8) is 0 Å². The fraction of sp³-hybridized carbons (Fsp3) is 0.615. The molecule has 0 aliphatic carbocycles. The van der Waals surface area contributed by atoms with E-state index in [-0.39, 0.29) is 11.9 Å². The van der Waals surface area contributed by atoms with Crippen LogP contribution in [0.25, 0.3) is 0 Å². The molecule has 2 rings (SSSR count). The van der Waals surface area contributed by atoms with E-state index in [1.54, 1.807) is 6.26 Å². The number of hydrogen-bond donors (Lipinski definition) is 2. The highest BCUT2D eigenvalue weighted by molar-refractivity contribution is 5.86. The van der Waals surface area contributed by atoms with Crippen LogP contribution in [0.5, 0.6) is 0 Å². The van der Waals surface area contributed by atoms with Crippen molar-refractivity contribution in [2.24, 2.45) is 0 Å². The minimum atomic E-state index is -0.431. The summed E-state index contributed by atoms with van der Waals surface area (Å²) in [4.78, 5) is 12.2. The Hall–Kier alpha value is -1.29. The fourth-order valence-electron chi connectivity index (χ4n) is 2.21. The molecular formula is C13H20N2O2. The Kier molecular flexibility index (Phi) is 3.52. The first-order valence-corrected chi connectivity index (χ1v) is 6.21. The monoisotopic (exact) mass is 236 g/mol. The van der Waals surface area contributed by atoms with Gasteiger partial charge in [0.1, 0.15) is 5.76 Å². The summed E-state index contributed by atoms with van der Waals surface area (Å²) >= 11 is 0. The quantitative estimate of drug-likeness (QED) is 0.844. The minimum Gasteiger partial charge on any atom is -0.467 e. The molecule has 94 valence electrons. The zero-order valence-corrected chi connectivity index (χ0v) is 10.5. The Morgan fingerprint density at radius 3 is 3.00 bits per heavy atom. The van der Waals surface area contributed by atoms with Crippen LogP contribution in [0.15, 0.2) is 22.8 Å². The Bertz CT molecular complexity index is 367. The first kappa shape index (κ1) is 12.2. The predicted octanol–water partition coefficient (Wildman–Crippen LogP) is 1.99. The van der Waals surface area contributed by atoms with Gasteiger partial charge in [-0.3, -0.25) is 4.79 Å². The first-order valence-electron chi connectivity index (χ1n) is 6.21. The number of nitrogens with one attached hydrogen (secondary N) is 2. The van der Waals surface area contributed by atoms with Crippen LogP contribution in [0.1, 0.15) is 44.9 Å². The second-order valence-electron chi connectivity index (χ2n) is 4.93. The third kappa shape index (κ3) is 2.69. The summed E-state index contributed by atoms with van der Waals surface area (Å²) in [5.41, 5.74) is -0.431. The molecule has 0 radical (unpaired) electrons. The Morgan fingerprint density at radius 1 is 1.59 bits per heavy atom. The fourth-order valence-corrected chi connectivity index (χ4v) is 2.21. The van der Waals surface area contributed by atoms with Crippen LogP contribution in [-0.4, -0.2) is 18.0 Å². The first-order chi connectivity index (χ1) is 8.12. The van der Waals surface area contributed by atoms with Gasteiger partial charge < -0.3 is 15.1 Å². The Morgan fingerprint density at radius 2 is 2.41 bits per heavy atom. The van der Waals surface area contributed by atoms with Gasteiger partial charge in [-0.1, -0.05) is 0 Å². The van der Waals surface area contributed by atoms with Crippen molar-refractivity contribution in [1.82, 2.24) is 10.6 Å². The van der Waals surface area contributed by atoms with Crippen LogP contribution < -0.4 is 10.6 Å². The molecule has 2 N–H and O–H groups in total. The summed E-state index contributed by atoms with van der Waals surface area (Å²) in [7, 11) is 0. The zero-order valence-electron chi connectivity index (χ0n) is 10.5. The molecule has 0 aromatic carbocycles. The Labute approximate surface area is 102 Å². The lowest BCUT2D eigenvalue weighted by atomic mass is 9.90. The van der Waals surface area contributed by atoms with E-state index in [2.05, 4.69) is 10.6 Å². The molecule has 0 saturated carbocycles. The van der Waals surface area contributed by atoms with Crippen LogP contribution in [-0.2, 0) is 4.79 Å². The number of carbonyl (C=O) groups is 1. The van der Waals surface area contributed by atoms with Crippen molar-refractivity contribution in [3.05, 3.63) is 24.2 Å². The normalized spacial score (nSPS) is 26.5. The molecule has 0 spiro atoms. The van der Waals surface area contributed by atoms with Crippen molar-refractivity contribution < 1.29 is 9.21 Å². The van der Waals surface area contributed by atoms with Gasteiger partial charge in [-0.15, -0.1) is 0 Å². The molecule has 2 atom stereocenters. The third-order valence-corrected chi connectivity index (χ3v) is 3.44. The third-order valence-electron chi connectivity index (χ3n) is 3.44. The number of furan rings is 1. The van der Waals surface area contributed by atoms with Gasteiger partial charge in [-0.2, -0.15) is 0 Å². The highest BCUT2D eigenvalue weighted by Gasteiger charge is 2.35. The standard InChI is InChI=1S/C13H20N2O2/c1-10(11-6-5-9-17-11)15-12(16)13(2)7-3-4-8-14-13/h5-6,9-10,14H,3-4,7-8H2,1-2H3,(H,15,16)/t10-,13?/m1/s1. The van der Waals surface area contributed by atoms with E-state index < -0.39 is 5.54 Å². The number of carbonyl (C=O) groups excluding carboxylic acids is 1. The van der Waals surface area contributed by atoms with Crippen molar-refractivity contribution in [3.8, 4) is 0 Å². The predicted molar refractivity (Wildman–Crippen MR) is 65.5 cm³/mol. The summed E-state index contributed by atoms with van der Waals surface area (Å²) in [6, 6.07) is 3.62. The van der Waals surface area contributed by atoms with Crippen molar-refractivity contribution >= 4 is 5.91 Å². The average molecular weight is 236 g/mol. The van der Waals surface area contributed by atoms with E-state index in [9.17, 15) is 4.79 Å². The number of rotatable bonds is 3. The van der Waals surface area contributed by atoms with Crippen LogP contribution >= 0.6 is 0 Å². The highest BCUT2D eigenvalue weighted by atomic mass is 16.3. The zero-order chi connectivity index (χ0) is 12.3. The molecule has 1 aliphatic rings. The van der Waals surface area contributed by atoms with Crippen LogP contribution in [0.4, 0.5) is 0 Å². The van der Waals surface area contributed by atoms with E-state index in [0.29, 0.717) is 0 Å². The Balaban J connectivity index is 1.96. The number of hydrogen-bond acceptors (Lipinski definition) is 3. The molecule has 1 aromatic heterocycles. The van der Waals surface area contributed by atoms with E-state index in [0.717, 1.165) is 31.6 Å². The molecule has 0 bridgehead atoms. The maximum atomic E-state index is 12.2. The van der Waals surface area contributed by atoms with Gasteiger partial charge in [0.2, 0.25) is 5.91 Å². The molecule has 2 heterocycles. The van der Waals surface area contributed by atoms with Gasteiger partial charge in [-0.25, -0.2) is 0 Å². The van der Waals surface area contributed by atoms with Gasteiger partial charge in [0.15, 0.2) is 0 Å². The lowest BCUT2D eigenvalue weighted by Crippen LogP contribution is -2.57. The average Bonchev–Trinajstić information content (AvgIpc) is 2.83. The molecule has 1 amide bonds. The van der Waals surface area contributed by atoms with Gasteiger partial charge in [0, 0.05) is 0 Å². The summed E-state index contributed by atoms with van der Waals surface area (Å²) in [6.07, 6.45) is 4.77. The molecule has 17 heavy (non-hydrogen) atoms. The van der Waals surface area contributed by atoms with E-state index >= 15 is 0 Å². The number of amides is 1. The van der Waals surface area contributed by atoms with Crippen molar-refractivity contribution in [2.75, 3.05) is 6.54 Å². The number of piperidine rings is 1. The molecule has 1 aromatic rings. The van der Waals surface area contributed by atoms with E-state index in [4.69, 9.17) is 4.42 Å². The second kappa shape index (κ2) is 4.92. The summed E-state index contributed by atoms with van der Waals surface area (Å²) in [5, 5.41) is 6.30. The van der Waals surface area contributed by atoms with Crippen LogP contribution in [0.2, 0.25) is 0 Å². The lowest BCUT2D eigenvalue weighted by molar-refractivity contribution is -0.128. The SMILES string of the molecule is C[C@@H](NC(=O)C1(C)CCCCN1)c1ccco1. The van der Waals surface area contributed by atoms with Crippen LogP contribution in [0.3, 0.4) is 0 Å². The van der Waals surface area contributed by atoms with E-state index in [1.807, 2.05) is 26.0 Å².